The summed E-state index contributed by atoms with van der Waals surface area (Å²) >= 11 is 0. The van der Waals surface area contributed by atoms with Crippen LogP contribution in [0.4, 0.5) is 0 Å². The molecule has 0 aromatic heterocycles. The molecule has 0 aliphatic rings. The molecule has 51 heavy (non-hydrogen) atoms. The van der Waals surface area contributed by atoms with E-state index in [1.54, 1.807) is 0 Å². The molecule has 0 saturated carbocycles. The average Bonchev–Trinajstić information content (AvgIpc) is 3.07. The van der Waals surface area contributed by atoms with Gasteiger partial charge in [-0.25, -0.2) is 0 Å². The monoisotopic (exact) mass is 739 g/mol. The fraction of sp³-hybridized carbons (Fsp3) is 0.732. The highest BCUT2D eigenvalue weighted by Gasteiger charge is 2.29. The number of phosphoric ester groups is 1. The summed E-state index contributed by atoms with van der Waals surface area (Å²) in [5.41, 5.74) is 0. The van der Waals surface area contributed by atoms with E-state index >= 15 is 0 Å². The fourth-order valence-corrected chi connectivity index (χ4v) is 5.83. The van der Waals surface area contributed by atoms with E-state index in [1.807, 2.05) is 21.1 Å². The molecule has 0 bridgehead atoms. The van der Waals surface area contributed by atoms with Gasteiger partial charge < -0.3 is 34.0 Å². The van der Waals surface area contributed by atoms with Gasteiger partial charge in [-0.05, 0) is 83.5 Å². The van der Waals surface area contributed by atoms with Crippen molar-refractivity contribution in [2.45, 2.75) is 154 Å². The number of amides is 1. The largest absolute Gasteiger partial charge is 0.756 e. The lowest BCUT2D eigenvalue weighted by molar-refractivity contribution is -0.870. The van der Waals surface area contributed by atoms with Crippen LogP contribution in [0.1, 0.15) is 136 Å². The molecule has 0 heterocycles. The van der Waals surface area contributed by atoms with Crippen molar-refractivity contribution in [1.29, 1.82) is 0 Å². The number of aliphatic hydroxyl groups excluding tert-OH is 2. The Bertz CT molecular complexity index is 1040. The third-order valence-corrected chi connectivity index (χ3v) is 9.27. The highest BCUT2D eigenvalue weighted by atomic mass is 31.2. The van der Waals surface area contributed by atoms with E-state index in [2.05, 4.69) is 79.9 Å². The first-order valence-electron chi connectivity index (χ1n) is 19.7. The van der Waals surface area contributed by atoms with Crippen molar-refractivity contribution in [3.63, 3.8) is 0 Å². The molecule has 1 amide bonds. The molecule has 0 spiro atoms. The maximum Gasteiger partial charge on any atom is 0.268 e. The van der Waals surface area contributed by atoms with Gasteiger partial charge in [-0.3, -0.25) is 9.36 Å². The van der Waals surface area contributed by atoms with Gasteiger partial charge in [-0.1, -0.05) is 107 Å². The molecule has 0 saturated heterocycles. The smallest absolute Gasteiger partial charge is 0.268 e. The maximum absolute atomic E-state index is 12.8. The third-order valence-electron chi connectivity index (χ3n) is 8.31. The Hall–Kier alpha value is -1.84. The molecular weight excluding hydrogens is 663 g/mol. The number of carbonyl (C=O) groups is 1. The summed E-state index contributed by atoms with van der Waals surface area (Å²) in [7, 11) is 1.07. The van der Waals surface area contributed by atoms with Crippen molar-refractivity contribution in [1.82, 2.24) is 5.32 Å². The Labute approximate surface area is 312 Å². The van der Waals surface area contributed by atoms with Crippen LogP contribution in [0, 0.1) is 0 Å². The maximum atomic E-state index is 12.8. The van der Waals surface area contributed by atoms with Gasteiger partial charge >= 0.3 is 0 Å². The minimum absolute atomic E-state index is 0.0555. The number of aliphatic hydroxyl groups is 2. The number of quaternary nitrogens is 1. The van der Waals surface area contributed by atoms with Crippen molar-refractivity contribution in [2.75, 3.05) is 40.9 Å². The number of likely N-dealkylation sites (N-methyl/N-ethyl adjacent to an activating group) is 1. The van der Waals surface area contributed by atoms with Crippen LogP contribution in [0.25, 0.3) is 0 Å². The Morgan fingerprint density at radius 2 is 1.25 bits per heavy atom. The molecule has 4 atom stereocenters. The van der Waals surface area contributed by atoms with Crippen LogP contribution < -0.4 is 10.2 Å². The SMILES string of the molecule is CC/C=C\C/C=C\C/C=C\CCCCCCCC(=O)NC(COP(=O)([O-])OCC[N+](C)(C)C)C(O)C(O)CCC/C=C/CC/C=C/CCCCC. The topological polar surface area (TPSA) is 128 Å². The second kappa shape index (κ2) is 32.8. The Morgan fingerprint density at radius 3 is 1.88 bits per heavy atom. The van der Waals surface area contributed by atoms with E-state index in [9.17, 15) is 24.5 Å². The summed E-state index contributed by atoms with van der Waals surface area (Å²) in [6, 6.07) is -1.11. The molecule has 0 radical (unpaired) electrons. The number of nitrogens with one attached hydrogen (secondary N) is 1. The minimum Gasteiger partial charge on any atom is -0.756 e. The summed E-state index contributed by atoms with van der Waals surface area (Å²) < 4.78 is 23.0. The predicted molar refractivity (Wildman–Crippen MR) is 211 cm³/mol. The van der Waals surface area contributed by atoms with Crippen LogP contribution in [0.15, 0.2) is 60.8 Å². The normalized spacial score (nSPS) is 15.8. The van der Waals surface area contributed by atoms with Crippen molar-refractivity contribution in [3.8, 4) is 0 Å². The van der Waals surface area contributed by atoms with Gasteiger partial charge in [0.05, 0.1) is 39.9 Å². The summed E-state index contributed by atoms with van der Waals surface area (Å²) in [6.45, 7) is 4.21. The van der Waals surface area contributed by atoms with Crippen LogP contribution in [0.5, 0.6) is 0 Å². The van der Waals surface area contributed by atoms with E-state index in [4.69, 9.17) is 9.05 Å². The first-order chi connectivity index (χ1) is 24.4. The van der Waals surface area contributed by atoms with Crippen LogP contribution in [-0.2, 0) is 18.4 Å². The van der Waals surface area contributed by atoms with E-state index in [-0.39, 0.29) is 18.9 Å². The average molecular weight is 739 g/mol. The molecule has 0 fully saturated rings. The second-order valence-electron chi connectivity index (χ2n) is 14.4. The quantitative estimate of drug-likeness (QED) is 0.0261. The molecule has 0 rings (SSSR count). The van der Waals surface area contributed by atoms with Crippen molar-refractivity contribution in [3.05, 3.63) is 60.8 Å². The first kappa shape index (κ1) is 49.2. The highest BCUT2D eigenvalue weighted by molar-refractivity contribution is 7.45. The highest BCUT2D eigenvalue weighted by Crippen LogP contribution is 2.38. The number of hydrogen-bond donors (Lipinski definition) is 3. The number of phosphoric acid groups is 1. The van der Waals surface area contributed by atoms with Crippen LogP contribution in [-0.4, -0.2) is 79.8 Å². The van der Waals surface area contributed by atoms with E-state index in [0.29, 0.717) is 30.3 Å². The Morgan fingerprint density at radius 1 is 0.725 bits per heavy atom. The van der Waals surface area contributed by atoms with E-state index in [0.717, 1.165) is 77.0 Å². The lowest BCUT2D eigenvalue weighted by Crippen LogP contribution is -2.51. The molecule has 0 aromatic rings. The number of carbonyl (C=O) groups excluding carboxylic acids is 1. The molecule has 0 aliphatic heterocycles. The zero-order valence-corrected chi connectivity index (χ0v) is 33.8. The first-order valence-corrected chi connectivity index (χ1v) is 21.2. The molecule has 0 aromatic carbocycles. The van der Waals surface area contributed by atoms with Gasteiger partial charge in [0.25, 0.3) is 7.82 Å². The number of rotatable bonds is 34. The van der Waals surface area contributed by atoms with Gasteiger partial charge in [0.2, 0.25) is 5.91 Å². The van der Waals surface area contributed by atoms with Crippen LogP contribution in [0.3, 0.4) is 0 Å². The van der Waals surface area contributed by atoms with Crippen molar-refractivity contribution in [2.24, 2.45) is 0 Å². The molecule has 9 nitrogen and oxygen atoms in total. The fourth-order valence-electron chi connectivity index (χ4n) is 5.10. The summed E-state index contributed by atoms with van der Waals surface area (Å²) in [5.74, 6) is -0.315. The predicted octanol–water partition coefficient (Wildman–Crippen LogP) is 8.63. The van der Waals surface area contributed by atoms with E-state index in [1.165, 1.54) is 19.3 Å². The molecule has 10 heteroatoms. The lowest BCUT2D eigenvalue weighted by Gasteiger charge is -2.31. The second-order valence-corrected chi connectivity index (χ2v) is 15.8. The van der Waals surface area contributed by atoms with Crippen molar-refractivity contribution < 1.29 is 38.0 Å². The van der Waals surface area contributed by atoms with Crippen molar-refractivity contribution >= 4 is 13.7 Å². The summed E-state index contributed by atoms with van der Waals surface area (Å²) in [4.78, 5) is 25.2. The lowest BCUT2D eigenvalue weighted by atomic mass is 10.0. The standard InChI is InChI=1S/C41H75N2O7P/c1-6-8-10-12-14-16-18-20-21-22-24-26-28-30-32-34-40(45)42-38(37-50-51(47,48)49-36-35-43(3,4)5)41(46)39(44)33-31-29-27-25-23-19-17-15-13-11-9-7-2/h8,10,14-17,20-21,25,27,38-39,41,44,46H,6-7,9,11-13,18-19,22-24,26,28-37H2,1-5H3,(H-,42,45,47,48)/b10-8-,16-14-,17-15+,21-20-,27-25+. The molecule has 3 N–H and O–H groups in total. The number of unbranched alkanes of at least 4 members (excludes halogenated alkanes) is 10. The van der Waals surface area contributed by atoms with Gasteiger partial charge in [0.1, 0.15) is 19.3 Å². The Kier molecular flexibility index (Phi) is 31.6. The summed E-state index contributed by atoms with van der Waals surface area (Å²) in [5, 5.41) is 24.4. The zero-order valence-electron chi connectivity index (χ0n) is 32.9. The van der Waals surface area contributed by atoms with Gasteiger partial charge in [0.15, 0.2) is 0 Å². The number of hydrogen-bond acceptors (Lipinski definition) is 7. The molecular formula is C41H75N2O7P. The number of nitrogens with zero attached hydrogens (tertiary/aromatic N) is 1. The molecule has 4 unspecified atom stereocenters. The number of allylic oxidation sites excluding steroid dienone is 10. The van der Waals surface area contributed by atoms with Gasteiger partial charge in [0, 0.05) is 6.42 Å². The zero-order chi connectivity index (χ0) is 38.1. The minimum atomic E-state index is -4.68. The molecule has 0 aliphatic carbocycles. The Balaban J connectivity index is 4.70. The van der Waals surface area contributed by atoms with Gasteiger partial charge in [-0.2, -0.15) is 0 Å². The summed E-state index contributed by atoms with van der Waals surface area (Å²) in [6.07, 6.45) is 36.9. The molecule has 296 valence electrons. The van der Waals surface area contributed by atoms with Crippen LogP contribution >= 0.6 is 7.82 Å². The van der Waals surface area contributed by atoms with Gasteiger partial charge in [-0.15, -0.1) is 0 Å². The third kappa shape index (κ3) is 33.7. The van der Waals surface area contributed by atoms with E-state index < -0.39 is 32.7 Å². The van der Waals surface area contributed by atoms with Crippen LogP contribution in [0.2, 0.25) is 0 Å².